The zero-order valence-corrected chi connectivity index (χ0v) is 15.8. The van der Waals surface area contributed by atoms with Gasteiger partial charge < -0.3 is 14.9 Å². The lowest BCUT2D eigenvalue weighted by molar-refractivity contribution is -0.285. The van der Waals surface area contributed by atoms with Crippen molar-refractivity contribution in [3.05, 3.63) is 12.2 Å². The summed E-state index contributed by atoms with van der Waals surface area (Å²) in [4.78, 5) is 2.70. The van der Waals surface area contributed by atoms with Crippen LogP contribution >= 0.6 is 0 Å². The van der Waals surface area contributed by atoms with Gasteiger partial charge in [-0.25, -0.2) is 0 Å². The maximum Gasteiger partial charge on any atom is 0.131 e. The van der Waals surface area contributed by atoms with Gasteiger partial charge >= 0.3 is 0 Å². The molecule has 0 aromatic rings. The van der Waals surface area contributed by atoms with Gasteiger partial charge in [-0.15, -0.1) is 0 Å². The van der Waals surface area contributed by atoms with E-state index in [0.717, 1.165) is 44.5 Å². The Morgan fingerprint density at radius 3 is 2.77 bits per heavy atom. The van der Waals surface area contributed by atoms with Gasteiger partial charge in [-0.05, 0) is 60.8 Å². The van der Waals surface area contributed by atoms with Crippen molar-refractivity contribution < 1.29 is 14.9 Å². The Hall–Kier alpha value is -0.420. The van der Waals surface area contributed by atoms with Gasteiger partial charge in [0.1, 0.15) is 5.72 Å². The Labute approximate surface area is 155 Å². The number of ether oxygens (including phenoxy) is 1. The predicted octanol–water partition coefficient (Wildman–Crippen LogP) is 2.16. The van der Waals surface area contributed by atoms with Crippen LogP contribution in [0.4, 0.5) is 0 Å². The number of hydrogen-bond donors (Lipinski definition) is 2. The van der Waals surface area contributed by atoms with Crippen LogP contribution in [0.5, 0.6) is 0 Å². The zero-order valence-electron chi connectivity index (χ0n) is 15.8. The normalized spacial score (nSPS) is 67.6. The molecule has 3 spiro atoms. The summed E-state index contributed by atoms with van der Waals surface area (Å²) in [6, 6.07) is 0. The third kappa shape index (κ3) is 1.14. The van der Waals surface area contributed by atoms with Gasteiger partial charge in [0, 0.05) is 29.8 Å². The average molecular weight is 357 g/mol. The van der Waals surface area contributed by atoms with Crippen LogP contribution in [0.1, 0.15) is 45.4 Å². The molecular formula is C22H31NO3. The van der Waals surface area contributed by atoms with Crippen molar-refractivity contribution in [1.29, 1.82) is 0 Å². The molecule has 142 valence electrons. The van der Waals surface area contributed by atoms with E-state index in [-0.39, 0.29) is 22.5 Å². The molecule has 6 bridgehead atoms. The van der Waals surface area contributed by atoms with Gasteiger partial charge in [0.25, 0.3) is 0 Å². The van der Waals surface area contributed by atoms with Crippen molar-refractivity contribution in [3.8, 4) is 0 Å². The SMILES string of the molecule is C=C1[C@@H]2C[C@@H]3C4([C@@H]1O)[C@@H](O)C[C@@H]1[C@]5(C)CCC[C@@]31[C@@]1(OCCN1C5)[C@H]4C2. The van der Waals surface area contributed by atoms with E-state index in [1.165, 1.54) is 19.3 Å². The maximum atomic E-state index is 11.6. The molecule has 2 aliphatic heterocycles. The molecular weight excluding hydrogens is 326 g/mol. The molecule has 6 saturated carbocycles. The van der Waals surface area contributed by atoms with Crippen molar-refractivity contribution in [1.82, 2.24) is 4.90 Å². The Kier molecular flexibility index (Phi) is 2.46. The second-order valence-corrected chi connectivity index (χ2v) is 11.1. The monoisotopic (exact) mass is 357 g/mol. The minimum Gasteiger partial charge on any atom is -0.392 e. The molecule has 8 aliphatic rings. The van der Waals surface area contributed by atoms with E-state index in [0.29, 0.717) is 17.8 Å². The Morgan fingerprint density at radius 2 is 1.92 bits per heavy atom. The first-order valence-electron chi connectivity index (χ1n) is 10.9. The van der Waals surface area contributed by atoms with Gasteiger partial charge in [0.2, 0.25) is 0 Å². The van der Waals surface area contributed by atoms with Crippen LogP contribution in [0.25, 0.3) is 0 Å². The lowest BCUT2D eigenvalue weighted by atomic mass is 9.38. The summed E-state index contributed by atoms with van der Waals surface area (Å²) in [7, 11) is 0. The highest BCUT2D eigenvalue weighted by atomic mass is 16.5. The van der Waals surface area contributed by atoms with Crippen LogP contribution in [0.15, 0.2) is 12.2 Å². The summed E-state index contributed by atoms with van der Waals surface area (Å²) in [5.41, 5.74) is 0.791. The topological polar surface area (TPSA) is 52.9 Å². The van der Waals surface area contributed by atoms with E-state index in [4.69, 9.17) is 4.74 Å². The Balaban J connectivity index is 1.58. The molecule has 2 N–H and O–H groups in total. The number of nitrogens with zero attached hydrogens (tertiary/aromatic N) is 1. The van der Waals surface area contributed by atoms with Crippen molar-refractivity contribution in [3.63, 3.8) is 0 Å². The molecule has 8 fully saturated rings. The lowest BCUT2D eigenvalue weighted by Gasteiger charge is -2.69. The predicted molar refractivity (Wildman–Crippen MR) is 96.0 cm³/mol. The fourth-order valence-corrected chi connectivity index (χ4v) is 10.6. The summed E-state index contributed by atoms with van der Waals surface area (Å²) in [5, 5.41) is 23.1. The third-order valence-electron chi connectivity index (χ3n) is 10.9. The molecule has 0 aromatic carbocycles. The molecule has 0 aromatic heterocycles. The maximum absolute atomic E-state index is 11.6. The highest BCUT2D eigenvalue weighted by molar-refractivity contribution is 5.41. The smallest absolute Gasteiger partial charge is 0.131 e. The van der Waals surface area contributed by atoms with Crippen molar-refractivity contribution in [2.24, 2.45) is 39.9 Å². The summed E-state index contributed by atoms with van der Waals surface area (Å²) < 4.78 is 6.84. The van der Waals surface area contributed by atoms with E-state index >= 15 is 0 Å². The number of piperidine rings is 1. The molecule has 10 atom stereocenters. The van der Waals surface area contributed by atoms with Gasteiger partial charge in [0.15, 0.2) is 0 Å². The molecule has 4 heteroatoms. The van der Waals surface area contributed by atoms with Crippen LogP contribution < -0.4 is 0 Å². The van der Waals surface area contributed by atoms with Crippen molar-refractivity contribution in [2.75, 3.05) is 19.7 Å². The van der Waals surface area contributed by atoms with Gasteiger partial charge in [-0.1, -0.05) is 19.9 Å². The fourth-order valence-electron chi connectivity index (χ4n) is 10.6. The second kappa shape index (κ2) is 4.12. The number of aliphatic hydroxyl groups is 2. The zero-order chi connectivity index (χ0) is 17.7. The quantitative estimate of drug-likeness (QED) is 0.653. The molecule has 26 heavy (non-hydrogen) atoms. The minimum atomic E-state index is -0.547. The number of hydrogen-bond acceptors (Lipinski definition) is 4. The standard InChI is InChI=1S/C22H31NO3/c1-12-13-8-15-20-5-3-4-19(2)11-23-6-7-26-22(20,23)16(9-13)21(15,18(12)25)17(24)10-14(19)20/h13-18,24-25H,1,3-11H2,2H3/t13-,14-,15+,16+,17+,18-,19-,20+,21?,22+/m1/s1. The molecule has 2 heterocycles. The third-order valence-corrected chi connectivity index (χ3v) is 10.9. The molecule has 2 saturated heterocycles. The average Bonchev–Trinajstić information content (AvgIpc) is 3.04. The highest BCUT2D eigenvalue weighted by Gasteiger charge is 2.90. The summed E-state index contributed by atoms with van der Waals surface area (Å²) in [6.07, 6.45) is 5.87. The van der Waals surface area contributed by atoms with Crippen LogP contribution in [0, 0.1) is 39.9 Å². The second-order valence-electron chi connectivity index (χ2n) is 11.1. The van der Waals surface area contributed by atoms with E-state index in [1.54, 1.807) is 0 Å². The largest absolute Gasteiger partial charge is 0.392 e. The highest BCUT2D eigenvalue weighted by Crippen LogP contribution is 2.86. The van der Waals surface area contributed by atoms with E-state index in [2.05, 4.69) is 18.4 Å². The Bertz CT molecular complexity index is 739. The summed E-state index contributed by atoms with van der Waals surface area (Å²) in [6.45, 7) is 9.75. The Morgan fingerprint density at radius 1 is 1.12 bits per heavy atom. The lowest BCUT2D eigenvalue weighted by Crippen LogP contribution is -2.72. The van der Waals surface area contributed by atoms with Crippen LogP contribution in [0.3, 0.4) is 0 Å². The van der Waals surface area contributed by atoms with Gasteiger partial charge in [-0.3, -0.25) is 4.90 Å². The van der Waals surface area contributed by atoms with Gasteiger partial charge in [-0.2, -0.15) is 0 Å². The van der Waals surface area contributed by atoms with Crippen LogP contribution in [-0.4, -0.2) is 52.7 Å². The fraction of sp³-hybridized carbons (Fsp3) is 0.909. The first-order valence-corrected chi connectivity index (χ1v) is 10.9. The molecule has 0 radical (unpaired) electrons. The number of rotatable bonds is 0. The molecule has 0 amide bonds. The van der Waals surface area contributed by atoms with Gasteiger partial charge in [0.05, 0.1) is 18.8 Å². The number of aliphatic hydroxyl groups excluding tert-OH is 2. The first-order chi connectivity index (χ1) is 12.4. The first kappa shape index (κ1) is 15.5. The van der Waals surface area contributed by atoms with E-state index < -0.39 is 17.6 Å². The molecule has 6 aliphatic carbocycles. The molecule has 4 nitrogen and oxygen atoms in total. The van der Waals surface area contributed by atoms with Crippen LogP contribution in [-0.2, 0) is 4.74 Å². The van der Waals surface area contributed by atoms with Crippen LogP contribution in [0.2, 0.25) is 0 Å². The minimum absolute atomic E-state index is 0.134. The molecule has 8 rings (SSSR count). The summed E-state index contributed by atoms with van der Waals surface area (Å²) >= 11 is 0. The van der Waals surface area contributed by atoms with E-state index in [1.807, 2.05) is 0 Å². The van der Waals surface area contributed by atoms with Crippen molar-refractivity contribution in [2.45, 2.75) is 63.4 Å². The van der Waals surface area contributed by atoms with Crippen molar-refractivity contribution >= 4 is 0 Å². The van der Waals surface area contributed by atoms with E-state index in [9.17, 15) is 10.2 Å². The number of fused-ring (bicyclic) bond motifs is 1. The molecule has 1 unspecified atom stereocenters. The summed E-state index contributed by atoms with van der Waals surface area (Å²) in [5.74, 6) is 1.62.